The van der Waals surface area contributed by atoms with Crippen LogP contribution in [0.1, 0.15) is 33.1 Å². The Morgan fingerprint density at radius 2 is 1.96 bits per heavy atom. The van der Waals surface area contributed by atoms with Gasteiger partial charge in [0.05, 0.1) is 27.3 Å². The van der Waals surface area contributed by atoms with Gasteiger partial charge < -0.3 is 5.32 Å². The molecule has 146 valence electrons. The van der Waals surface area contributed by atoms with E-state index in [0.29, 0.717) is 17.9 Å². The second kappa shape index (κ2) is 7.55. The maximum atomic E-state index is 12.6. The highest BCUT2D eigenvalue weighted by Gasteiger charge is 2.29. The van der Waals surface area contributed by atoms with Gasteiger partial charge in [-0.15, -0.1) is 0 Å². The average molecular weight is 447 g/mol. The molecule has 0 aliphatic heterocycles. The van der Waals surface area contributed by atoms with Gasteiger partial charge in [0.2, 0.25) is 5.69 Å². The number of hydrogen-bond donors (Lipinski definition) is 1. The Hall–Kier alpha value is -3.01. The lowest BCUT2D eigenvalue weighted by molar-refractivity contribution is -0.385. The van der Waals surface area contributed by atoms with Gasteiger partial charge in [-0.3, -0.25) is 24.3 Å². The lowest BCUT2D eigenvalue weighted by atomic mass is 10.2. The van der Waals surface area contributed by atoms with E-state index in [4.69, 9.17) is 0 Å². The first kappa shape index (κ1) is 19.7. The Labute approximate surface area is 169 Å². The van der Waals surface area contributed by atoms with Crippen LogP contribution < -0.4 is 5.32 Å². The number of anilines is 1. The molecule has 10 heteroatoms. The number of benzene rings is 1. The molecule has 0 bridgehead atoms. The SMILES string of the molecule is Cc1nn(Cc2cccc(NC(=O)c3nn(C)c(C)c3[N+](=O)[O-])c2)c(C)c1Br. The Morgan fingerprint density at radius 1 is 1.25 bits per heavy atom. The molecular formula is C18H19BrN6O3. The molecule has 0 fully saturated rings. The van der Waals surface area contributed by atoms with Crippen LogP contribution in [0, 0.1) is 30.9 Å². The van der Waals surface area contributed by atoms with Crippen molar-refractivity contribution in [1.29, 1.82) is 0 Å². The molecule has 3 rings (SSSR count). The van der Waals surface area contributed by atoms with Gasteiger partial charge in [-0.05, 0) is 54.4 Å². The van der Waals surface area contributed by atoms with Gasteiger partial charge >= 0.3 is 5.69 Å². The quantitative estimate of drug-likeness (QED) is 0.476. The zero-order valence-corrected chi connectivity index (χ0v) is 17.4. The fraction of sp³-hybridized carbons (Fsp3) is 0.278. The van der Waals surface area contributed by atoms with Crippen molar-refractivity contribution in [2.45, 2.75) is 27.3 Å². The third-order valence-electron chi connectivity index (χ3n) is 4.51. The fourth-order valence-corrected chi connectivity index (χ4v) is 3.19. The predicted molar refractivity (Wildman–Crippen MR) is 107 cm³/mol. The third-order valence-corrected chi connectivity index (χ3v) is 5.66. The Morgan fingerprint density at radius 3 is 2.57 bits per heavy atom. The van der Waals surface area contributed by atoms with E-state index >= 15 is 0 Å². The number of aromatic nitrogens is 4. The molecule has 0 radical (unpaired) electrons. The van der Waals surface area contributed by atoms with Gasteiger partial charge in [-0.2, -0.15) is 10.2 Å². The number of carbonyl (C=O) groups is 1. The summed E-state index contributed by atoms with van der Waals surface area (Å²) in [6.45, 7) is 5.98. The maximum absolute atomic E-state index is 12.6. The first-order valence-electron chi connectivity index (χ1n) is 8.46. The van der Waals surface area contributed by atoms with E-state index in [1.807, 2.05) is 36.7 Å². The second-order valence-electron chi connectivity index (χ2n) is 6.46. The van der Waals surface area contributed by atoms with Crippen molar-refractivity contribution in [1.82, 2.24) is 19.6 Å². The van der Waals surface area contributed by atoms with E-state index in [9.17, 15) is 14.9 Å². The molecule has 0 aliphatic rings. The number of nitrogens with one attached hydrogen (secondary N) is 1. The maximum Gasteiger partial charge on any atom is 0.322 e. The molecule has 0 spiro atoms. The highest BCUT2D eigenvalue weighted by molar-refractivity contribution is 9.10. The number of aryl methyl sites for hydroxylation is 2. The molecule has 9 nitrogen and oxygen atoms in total. The molecule has 0 atom stereocenters. The molecule has 2 heterocycles. The van der Waals surface area contributed by atoms with Crippen molar-refractivity contribution in [2.24, 2.45) is 7.05 Å². The second-order valence-corrected chi connectivity index (χ2v) is 7.25. The van der Waals surface area contributed by atoms with Crippen molar-refractivity contribution < 1.29 is 9.72 Å². The minimum absolute atomic E-state index is 0.210. The Balaban J connectivity index is 1.83. The topological polar surface area (TPSA) is 108 Å². The molecular weight excluding hydrogens is 428 g/mol. The smallest absolute Gasteiger partial charge is 0.320 e. The molecule has 0 aliphatic carbocycles. The van der Waals surface area contributed by atoms with E-state index in [1.165, 1.54) is 4.68 Å². The van der Waals surface area contributed by atoms with Gasteiger partial charge in [-0.1, -0.05) is 12.1 Å². The average Bonchev–Trinajstić information content (AvgIpc) is 3.06. The lowest BCUT2D eigenvalue weighted by Gasteiger charge is -2.08. The van der Waals surface area contributed by atoms with Gasteiger partial charge in [-0.25, -0.2) is 0 Å². The molecule has 0 saturated carbocycles. The van der Waals surface area contributed by atoms with Crippen molar-refractivity contribution in [3.8, 4) is 0 Å². The number of halogens is 1. The molecule has 3 aromatic rings. The lowest BCUT2D eigenvalue weighted by Crippen LogP contribution is -2.15. The van der Waals surface area contributed by atoms with Crippen molar-refractivity contribution in [2.75, 3.05) is 5.32 Å². The molecule has 28 heavy (non-hydrogen) atoms. The van der Waals surface area contributed by atoms with Crippen LogP contribution in [0.4, 0.5) is 11.4 Å². The molecule has 1 amide bonds. The normalized spacial score (nSPS) is 10.9. The Kier molecular flexibility index (Phi) is 5.32. The van der Waals surface area contributed by atoms with Crippen LogP contribution in [-0.2, 0) is 13.6 Å². The first-order valence-corrected chi connectivity index (χ1v) is 9.26. The van der Waals surface area contributed by atoms with E-state index in [-0.39, 0.29) is 11.4 Å². The number of carbonyl (C=O) groups excluding carboxylic acids is 1. The number of amides is 1. The van der Waals surface area contributed by atoms with Gasteiger partial charge in [0.1, 0.15) is 5.69 Å². The summed E-state index contributed by atoms with van der Waals surface area (Å²) < 4.78 is 4.16. The molecule has 1 aromatic carbocycles. The predicted octanol–water partition coefficient (Wildman–Crippen LogP) is 3.51. The summed E-state index contributed by atoms with van der Waals surface area (Å²) in [5.41, 5.74) is 3.19. The highest BCUT2D eigenvalue weighted by atomic mass is 79.9. The number of nitro groups is 1. The van der Waals surface area contributed by atoms with Crippen LogP contribution in [0.2, 0.25) is 0 Å². The Bertz CT molecular complexity index is 1090. The van der Waals surface area contributed by atoms with Crippen LogP contribution in [0.3, 0.4) is 0 Å². The molecule has 0 unspecified atom stereocenters. The monoisotopic (exact) mass is 446 g/mol. The summed E-state index contributed by atoms with van der Waals surface area (Å²) in [7, 11) is 1.56. The standard InChI is InChI=1S/C18H19BrN6O3/c1-10-15(19)11(2)24(21-10)9-13-6-5-7-14(8-13)20-18(26)16-17(25(27)28)12(3)23(4)22-16/h5-8H,9H2,1-4H3,(H,20,26). The minimum atomic E-state index is -0.624. The number of rotatable bonds is 5. The molecule has 2 aromatic heterocycles. The van der Waals surface area contributed by atoms with Crippen molar-refractivity contribution >= 4 is 33.2 Å². The fourth-order valence-electron chi connectivity index (χ4n) is 2.91. The highest BCUT2D eigenvalue weighted by Crippen LogP contribution is 2.24. The van der Waals surface area contributed by atoms with E-state index in [1.54, 1.807) is 20.0 Å². The molecule has 0 saturated heterocycles. The van der Waals surface area contributed by atoms with Crippen LogP contribution in [0.5, 0.6) is 0 Å². The first-order chi connectivity index (χ1) is 13.2. The van der Waals surface area contributed by atoms with Crippen LogP contribution in [0.25, 0.3) is 0 Å². The number of nitrogens with zero attached hydrogens (tertiary/aromatic N) is 5. The summed E-state index contributed by atoms with van der Waals surface area (Å²) >= 11 is 3.51. The van der Waals surface area contributed by atoms with E-state index < -0.39 is 10.8 Å². The molecule has 1 N–H and O–H groups in total. The summed E-state index contributed by atoms with van der Waals surface area (Å²) in [6.07, 6.45) is 0. The largest absolute Gasteiger partial charge is 0.322 e. The van der Waals surface area contributed by atoms with E-state index in [0.717, 1.165) is 21.4 Å². The van der Waals surface area contributed by atoms with Gasteiger partial charge in [0.15, 0.2) is 0 Å². The summed E-state index contributed by atoms with van der Waals surface area (Å²) in [6, 6.07) is 7.27. The van der Waals surface area contributed by atoms with Crippen molar-refractivity contribution in [3.63, 3.8) is 0 Å². The summed E-state index contributed by atoms with van der Waals surface area (Å²) in [5.74, 6) is -0.624. The van der Waals surface area contributed by atoms with E-state index in [2.05, 4.69) is 31.4 Å². The van der Waals surface area contributed by atoms with Crippen LogP contribution in [0.15, 0.2) is 28.7 Å². The zero-order chi connectivity index (χ0) is 20.6. The zero-order valence-electron chi connectivity index (χ0n) is 15.9. The van der Waals surface area contributed by atoms with Crippen LogP contribution in [-0.4, -0.2) is 30.4 Å². The van der Waals surface area contributed by atoms with Gasteiger partial charge in [0.25, 0.3) is 5.91 Å². The van der Waals surface area contributed by atoms with Crippen LogP contribution >= 0.6 is 15.9 Å². The minimum Gasteiger partial charge on any atom is -0.320 e. The van der Waals surface area contributed by atoms with Gasteiger partial charge in [0, 0.05) is 12.7 Å². The summed E-state index contributed by atoms with van der Waals surface area (Å²) in [5, 5.41) is 22.5. The number of hydrogen-bond acceptors (Lipinski definition) is 5. The van der Waals surface area contributed by atoms with Crippen molar-refractivity contribution in [3.05, 3.63) is 67.2 Å². The third kappa shape index (κ3) is 3.68. The summed E-state index contributed by atoms with van der Waals surface area (Å²) in [4.78, 5) is 23.3.